The number of nitrogens with zero attached hydrogens (tertiary/aromatic N) is 2. The van der Waals surface area contributed by atoms with Crippen molar-refractivity contribution in [1.82, 2.24) is 15.2 Å². The molecular weight excluding hydrogens is 412 g/mol. The van der Waals surface area contributed by atoms with Crippen molar-refractivity contribution in [2.24, 2.45) is 0 Å². The van der Waals surface area contributed by atoms with Gasteiger partial charge >= 0.3 is 5.97 Å². The van der Waals surface area contributed by atoms with Gasteiger partial charge in [0.05, 0.1) is 5.56 Å². The van der Waals surface area contributed by atoms with Gasteiger partial charge in [-0.15, -0.1) is 0 Å². The van der Waals surface area contributed by atoms with Crippen LogP contribution in [0.2, 0.25) is 0 Å². The van der Waals surface area contributed by atoms with E-state index < -0.39 is 5.97 Å². The smallest absolute Gasteiger partial charge is 0.338 e. The van der Waals surface area contributed by atoms with Crippen LogP contribution in [0.4, 0.5) is 5.69 Å². The van der Waals surface area contributed by atoms with E-state index in [-0.39, 0.29) is 12.5 Å². The lowest BCUT2D eigenvalue weighted by atomic mass is 10.1. The molecule has 0 aliphatic rings. The minimum Gasteiger partial charge on any atom is -0.454 e. The lowest BCUT2D eigenvalue weighted by molar-refractivity contribution is -0.114. The Kier molecular flexibility index (Phi) is 5.97. The predicted molar refractivity (Wildman–Crippen MR) is 103 cm³/mol. The number of H-pyrrole nitrogens is 1. The summed E-state index contributed by atoms with van der Waals surface area (Å²) in [7, 11) is 0. The van der Waals surface area contributed by atoms with Crippen LogP contribution >= 0.6 is 15.9 Å². The van der Waals surface area contributed by atoms with Crippen molar-refractivity contribution in [1.29, 1.82) is 0 Å². The predicted octanol–water partition coefficient (Wildman–Crippen LogP) is 3.47. The summed E-state index contributed by atoms with van der Waals surface area (Å²) in [4.78, 5) is 27.5. The summed E-state index contributed by atoms with van der Waals surface area (Å²) >= 11 is 3.50. The van der Waals surface area contributed by atoms with Crippen molar-refractivity contribution < 1.29 is 14.3 Å². The molecule has 0 unspecified atom stereocenters. The van der Waals surface area contributed by atoms with Crippen LogP contribution in [0.1, 0.15) is 34.5 Å². The van der Waals surface area contributed by atoms with Gasteiger partial charge in [-0.3, -0.25) is 9.89 Å². The first-order chi connectivity index (χ1) is 13.0. The topological polar surface area (TPSA) is 97.0 Å². The second kappa shape index (κ2) is 8.59. The van der Waals surface area contributed by atoms with Crippen LogP contribution in [-0.2, 0) is 22.6 Å². The molecule has 2 N–H and O–H groups in total. The Morgan fingerprint density at radius 2 is 1.89 bits per heavy atom. The molecule has 2 aromatic carbocycles. The fourth-order valence-electron chi connectivity index (χ4n) is 2.40. The normalized spacial score (nSPS) is 10.4. The molecule has 0 saturated heterocycles. The summed E-state index contributed by atoms with van der Waals surface area (Å²) in [5.74, 6) is 0.440. The summed E-state index contributed by atoms with van der Waals surface area (Å²) < 4.78 is 6.24. The highest BCUT2D eigenvalue weighted by Crippen LogP contribution is 2.18. The second-order valence-electron chi connectivity index (χ2n) is 5.80. The van der Waals surface area contributed by atoms with Crippen molar-refractivity contribution in [3.63, 3.8) is 0 Å². The van der Waals surface area contributed by atoms with E-state index >= 15 is 0 Å². The van der Waals surface area contributed by atoms with Crippen LogP contribution in [0.15, 0.2) is 53.0 Å². The maximum absolute atomic E-state index is 12.1. The Balaban J connectivity index is 1.55. The van der Waals surface area contributed by atoms with Crippen LogP contribution in [-0.4, -0.2) is 27.1 Å². The SMILES string of the molecule is CC(=O)Nc1ccc(C(=O)OCc2nc(Cc3ccccc3Br)n[nH]2)cc1. The van der Waals surface area contributed by atoms with Gasteiger partial charge in [0.1, 0.15) is 0 Å². The van der Waals surface area contributed by atoms with Gasteiger partial charge in [0.25, 0.3) is 0 Å². The first kappa shape index (κ1) is 18.8. The van der Waals surface area contributed by atoms with E-state index in [1.54, 1.807) is 24.3 Å². The van der Waals surface area contributed by atoms with E-state index in [2.05, 4.69) is 36.4 Å². The fourth-order valence-corrected chi connectivity index (χ4v) is 2.83. The molecule has 0 atom stereocenters. The standard InChI is InChI=1S/C19H17BrN4O3/c1-12(25)21-15-8-6-13(7-9-15)19(26)27-11-18-22-17(23-24-18)10-14-4-2-3-5-16(14)20/h2-9H,10-11H2,1H3,(H,21,25)(H,22,23,24). The van der Waals surface area contributed by atoms with Crippen LogP contribution in [0.25, 0.3) is 0 Å². The van der Waals surface area contributed by atoms with Gasteiger partial charge in [0.15, 0.2) is 18.3 Å². The van der Waals surface area contributed by atoms with Crippen molar-refractivity contribution in [2.45, 2.75) is 20.0 Å². The average molecular weight is 429 g/mol. The van der Waals surface area contributed by atoms with Crippen LogP contribution in [0, 0.1) is 0 Å². The molecule has 3 rings (SSSR count). The van der Waals surface area contributed by atoms with E-state index in [1.165, 1.54) is 6.92 Å². The largest absolute Gasteiger partial charge is 0.454 e. The number of esters is 1. The zero-order valence-corrected chi connectivity index (χ0v) is 16.1. The molecule has 0 spiro atoms. The van der Waals surface area contributed by atoms with E-state index in [9.17, 15) is 9.59 Å². The Labute approximate surface area is 164 Å². The maximum atomic E-state index is 12.1. The number of ether oxygens (including phenoxy) is 1. The summed E-state index contributed by atoms with van der Waals surface area (Å²) in [6.45, 7) is 1.42. The molecule has 7 nitrogen and oxygen atoms in total. The minimum atomic E-state index is -0.479. The fraction of sp³-hybridized carbons (Fsp3) is 0.158. The number of amides is 1. The monoisotopic (exact) mass is 428 g/mol. The van der Waals surface area contributed by atoms with Gasteiger partial charge in [-0.05, 0) is 35.9 Å². The van der Waals surface area contributed by atoms with Crippen molar-refractivity contribution >= 4 is 33.5 Å². The highest BCUT2D eigenvalue weighted by Gasteiger charge is 2.11. The van der Waals surface area contributed by atoms with Gasteiger partial charge in [0, 0.05) is 23.5 Å². The Bertz CT molecular complexity index is 954. The molecule has 1 aromatic heterocycles. The summed E-state index contributed by atoms with van der Waals surface area (Å²) in [6.07, 6.45) is 0.566. The zero-order valence-electron chi connectivity index (χ0n) is 14.5. The number of benzene rings is 2. The van der Waals surface area contributed by atoms with Gasteiger partial charge in [-0.2, -0.15) is 5.10 Å². The lowest BCUT2D eigenvalue weighted by Gasteiger charge is -2.05. The molecule has 0 radical (unpaired) electrons. The number of aromatic amines is 1. The second-order valence-corrected chi connectivity index (χ2v) is 6.66. The van der Waals surface area contributed by atoms with Crippen molar-refractivity contribution in [3.05, 3.63) is 75.8 Å². The summed E-state index contributed by atoms with van der Waals surface area (Å²) in [5, 5.41) is 9.57. The minimum absolute atomic E-state index is 0.00472. The molecule has 138 valence electrons. The number of aromatic nitrogens is 3. The number of carbonyl (C=O) groups excluding carboxylic acids is 2. The van der Waals surface area contributed by atoms with E-state index in [4.69, 9.17) is 4.74 Å². The maximum Gasteiger partial charge on any atom is 0.338 e. The molecule has 0 saturated carbocycles. The highest BCUT2D eigenvalue weighted by atomic mass is 79.9. The molecule has 3 aromatic rings. The Morgan fingerprint density at radius 1 is 1.15 bits per heavy atom. The van der Waals surface area contributed by atoms with Gasteiger partial charge in [-0.25, -0.2) is 9.78 Å². The third-order valence-electron chi connectivity index (χ3n) is 3.67. The molecule has 0 fully saturated rings. The van der Waals surface area contributed by atoms with Gasteiger partial charge in [-0.1, -0.05) is 34.1 Å². The van der Waals surface area contributed by atoms with Crippen LogP contribution in [0.3, 0.4) is 0 Å². The highest BCUT2D eigenvalue weighted by molar-refractivity contribution is 9.10. The van der Waals surface area contributed by atoms with E-state index in [1.807, 2.05) is 24.3 Å². The summed E-state index contributed by atoms with van der Waals surface area (Å²) in [6, 6.07) is 14.3. The van der Waals surface area contributed by atoms with Crippen LogP contribution < -0.4 is 5.32 Å². The molecule has 1 heterocycles. The third kappa shape index (κ3) is 5.24. The Hall–Kier alpha value is -3.00. The average Bonchev–Trinajstić information content (AvgIpc) is 3.09. The molecule has 8 heteroatoms. The number of carbonyl (C=O) groups is 2. The lowest BCUT2D eigenvalue weighted by Crippen LogP contribution is -2.08. The number of anilines is 1. The molecular formula is C19H17BrN4O3. The number of hydrogen-bond acceptors (Lipinski definition) is 5. The number of hydrogen-bond donors (Lipinski definition) is 2. The zero-order chi connectivity index (χ0) is 19.2. The first-order valence-electron chi connectivity index (χ1n) is 8.19. The molecule has 27 heavy (non-hydrogen) atoms. The van der Waals surface area contributed by atoms with E-state index in [0.717, 1.165) is 10.0 Å². The molecule has 0 aliphatic carbocycles. The van der Waals surface area contributed by atoms with E-state index in [0.29, 0.717) is 29.3 Å². The third-order valence-corrected chi connectivity index (χ3v) is 4.44. The van der Waals surface area contributed by atoms with Gasteiger partial charge < -0.3 is 10.1 Å². The molecule has 1 amide bonds. The quantitative estimate of drug-likeness (QED) is 0.585. The van der Waals surface area contributed by atoms with Crippen molar-refractivity contribution in [3.8, 4) is 0 Å². The summed E-state index contributed by atoms with van der Waals surface area (Å²) in [5.41, 5.74) is 2.07. The first-order valence-corrected chi connectivity index (χ1v) is 8.99. The number of halogens is 1. The van der Waals surface area contributed by atoms with Crippen molar-refractivity contribution in [2.75, 3.05) is 5.32 Å². The Morgan fingerprint density at radius 3 is 2.59 bits per heavy atom. The number of nitrogens with one attached hydrogen (secondary N) is 2. The molecule has 0 aliphatic heterocycles. The van der Waals surface area contributed by atoms with Gasteiger partial charge in [0.2, 0.25) is 5.91 Å². The van der Waals surface area contributed by atoms with Crippen LogP contribution in [0.5, 0.6) is 0 Å². The molecule has 0 bridgehead atoms. The number of rotatable bonds is 6.